The Morgan fingerprint density at radius 3 is 2.74 bits per heavy atom. The molecule has 0 radical (unpaired) electrons. The van der Waals surface area contributed by atoms with Crippen molar-refractivity contribution in [1.82, 2.24) is 10.2 Å². The van der Waals surface area contributed by atoms with E-state index in [2.05, 4.69) is 10.2 Å². The molecule has 8 nitrogen and oxygen atoms in total. The maximum Gasteiger partial charge on any atom is 0.313 e. The number of fused-ring (bicyclic) bond motifs is 1. The number of aromatic amines is 1. The number of hydrogen-bond donors (Lipinski definition) is 1. The van der Waals surface area contributed by atoms with Crippen molar-refractivity contribution in [1.29, 1.82) is 0 Å². The van der Waals surface area contributed by atoms with Crippen LogP contribution in [0.25, 0.3) is 11.3 Å². The van der Waals surface area contributed by atoms with Crippen LogP contribution in [0.1, 0.15) is 23.5 Å². The predicted octanol–water partition coefficient (Wildman–Crippen LogP) is 3.43. The number of nitrogens with one attached hydrogen (secondary N) is 1. The third-order valence-electron chi connectivity index (χ3n) is 4.56. The van der Waals surface area contributed by atoms with Gasteiger partial charge in [0.15, 0.2) is 0 Å². The quantitative estimate of drug-likeness (QED) is 0.431. The Bertz CT molecular complexity index is 1030. The van der Waals surface area contributed by atoms with E-state index in [9.17, 15) is 14.9 Å². The summed E-state index contributed by atoms with van der Waals surface area (Å²) < 4.78 is 10.5. The van der Waals surface area contributed by atoms with Gasteiger partial charge in [-0.1, -0.05) is 24.3 Å². The lowest BCUT2D eigenvalue weighted by molar-refractivity contribution is -0.384. The zero-order valence-electron chi connectivity index (χ0n) is 14.3. The molecule has 3 aromatic rings. The second kappa shape index (κ2) is 6.56. The van der Waals surface area contributed by atoms with Gasteiger partial charge in [-0.2, -0.15) is 0 Å². The summed E-state index contributed by atoms with van der Waals surface area (Å²) in [6, 6.07) is 13.7. The Labute approximate surface area is 153 Å². The fraction of sp³-hybridized carbons (Fsp3) is 0.158. The molecular weight excluding hydrogens is 350 g/mol. The molecule has 1 aliphatic rings. The van der Waals surface area contributed by atoms with E-state index in [1.807, 2.05) is 24.3 Å². The third kappa shape index (κ3) is 3.01. The number of nitro groups is 1. The highest BCUT2D eigenvalue weighted by Crippen LogP contribution is 2.43. The molecule has 0 aliphatic carbocycles. The van der Waals surface area contributed by atoms with Gasteiger partial charge in [0.05, 0.1) is 29.7 Å². The van der Waals surface area contributed by atoms with Crippen LogP contribution in [0.3, 0.4) is 0 Å². The van der Waals surface area contributed by atoms with Crippen molar-refractivity contribution in [3.63, 3.8) is 0 Å². The summed E-state index contributed by atoms with van der Waals surface area (Å²) in [6.45, 7) is 0. The van der Waals surface area contributed by atoms with Crippen molar-refractivity contribution in [2.24, 2.45) is 0 Å². The van der Waals surface area contributed by atoms with Crippen LogP contribution in [0, 0.1) is 10.1 Å². The van der Waals surface area contributed by atoms with Gasteiger partial charge in [-0.25, -0.2) is 0 Å². The number of ether oxygens (including phenoxy) is 2. The second-order valence-electron chi connectivity index (χ2n) is 6.13. The average Bonchev–Trinajstić information content (AvgIpc) is 3.11. The molecule has 2 aromatic carbocycles. The fourth-order valence-electron chi connectivity index (χ4n) is 3.27. The fourth-order valence-corrected chi connectivity index (χ4v) is 3.27. The second-order valence-corrected chi connectivity index (χ2v) is 6.13. The minimum absolute atomic E-state index is 0.0235. The number of benzene rings is 2. The highest BCUT2D eigenvalue weighted by Gasteiger charge is 2.34. The first-order valence-corrected chi connectivity index (χ1v) is 8.24. The van der Waals surface area contributed by atoms with Crippen molar-refractivity contribution in [3.05, 3.63) is 69.8 Å². The SMILES string of the molecule is COc1ccc(C2CC(=O)Oc3n[nH]c(-c4cccc([N+](=O)[O-])c4)c32)cc1. The smallest absolute Gasteiger partial charge is 0.313 e. The Kier molecular flexibility index (Phi) is 4.08. The van der Waals surface area contributed by atoms with Gasteiger partial charge in [0.2, 0.25) is 5.88 Å². The maximum absolute atomic E-state index is 12.0. The number of carbonyl (C=O) groups excluding carboxylic acids is 1. The van der Waals surface area contributed by atoms with Gasteiger partial charge in [0.25, 0.3) is 5.69 Å². The third-order valence-corrected chi connectivity index (χ3v) is 4.56. The summed E-state index contributed by atoms with van der Waals surface area (Å²) in [7, 11) is 1.58. The summed E-state index contributed by atoms with van der Waals surface area (Å²) >= 11 is 0. The van der Waals surface area contributed by atoms with Gasteiger partial charge in [0, 0.05) is 23.6 Å². The van der Waals surface area contributed by atoms with Crippen LogP contribution in [0.5, 0.6) is 11.6 Å². The van der Waals surface area contributed by atoms with E-state index in [0.29, 0.717) is 22.6 Å². The molecule has 1 aliphatic heterocycles. The molecule has 1 aromatic heterocycles. The molecule has 4 rings (SSSR count). The van der Waals surface area contributed by atoms with E-state index in [1.165, 1.54) is 12.1 Å². The zero-order chi connectivity index (χ0) is 19.0. The summed E-state index contributed by atoms with van der Waals surface area (Å²) in [5.41, 5.74) is 2.79. The van der Waals surface area contributed by atoms with Crippen LogP contribution in [-0.2, 0) is 4.79 Å². The van der Waals surface area contributed by atoms with E-state index in [0.717, 1.165) is 5.56 Å². The number of hydrogen-bond acceptors (Lipinski definition) is 6. The first-order chi connectivity index (χ1) is 13.1. The average molecular weight is 365 g/mol. The van der Waals surface area contributed by atoms with Crippen molar-refractivity contribution in [2.45, 2.75) is 12.3 Å². The maximum atomic E-state index is 12.0. The van der Waals surface area contributed by atoms with Crippen molar-refractivity contribution in [3.8, 4) is 22.9 Å². The monoisotopic (exact) mass is 365 g/mol. The highest BCUT2D eigenvalue weighted by atomic mass is 16.6. The Hall–Kier alpha value is -3.68. The van der Waals surface area contributed by atoms with Gasteiger partial charge < -0.3 is 9.47 Å². The molecule has 0 spiro atoms. The molecule has 1 N–H and O–H groups in total. The van der Waals surface area contributed by atoms with Gasteiger partial charge in [-0.3, -0.25) is 20.0 Å². The van der Waals surface area contributed by atoms with Crippen molar-refractivity contribution < 1.29 is 19.2 Å². The van der Waals surface area contributed by atoms with Crippen LogP contribution < -0.4 is 9.47 Å². The number of H-pyrrole nitrogens is 1. The van der Waals surface area contributed by atoms with Gasteiger partial charge in [-0.15, -0.1) is 5.10 Å². The highest BCUT2D eigenvalue weighted by molar-refractivity contribution is 5.80. The Morgan fingerprint density at radius 2 is 2.04 bits per heavy atom. The number of carbonyl (C=O) groups is 1. The van der Waals surface area contributed by atoms with E-state index in [4.69, 9.17) is 9.47 Å². The lowest BCUT2D eigenvalue weighted by Crippen LogP contribution is -2.20. The Balaban J connectivity index is 1.83. The van der Waals surface area contributed by atoms with E-state index >= 15 is 0 Å². The predicted molar refractivity (Wildman–Crippen MR) is 95.8 cm³/mol. The van der Waals surface area contributed by atoms with Crippen molar-refractivity contribution >= 4 is 11.7 Å². The molecule has 1 unspecified atom stereocenters. The van der Waals surface area contributed by atoms with E-state index < -0.39 is 4.92 Å². The van der Waals surface area contributed by atoms with Gasteiger partial charge in [-0.05, 0) is 17.7 Å². The molecule has 2 heterocycles. The van der Waals surface area contributed by atoms with Crippen LogP contribution in [0.2, 0.25) is 0 Å². The lowest BCUT2D eigenvalue weighted by Gasteiger charge is -2.22. The number of esters is 1. The topological polar surface area (TPSA) is 107 Å². The van der Waals surface area contributed by atoms with Crippen LogP contribution in [-0.4, -0.2) is 28.2 Å². The molecule has 8 heteroatoms. The largest absolute Gasteiger partial charge is 0.497 e. The number of nitro benzene ring substituents is 1. The summed E-state index contributed by atoms with van der Waals surface area (Å²) in [5.74, 6) is 0.262. The molecular formula is C19H15N3O5. The molecule has 0 saturated carbocycles. The minimum atomic E-state index is -0.451. The minimum Gasteiger partial charge on any atom is -0.497 e. The number of nitrogens with zero attached hydrogens (tertiary/aromatic N) is 2. The summed E-state index contributed by atoms with van der Waals surface area (Å²) in [4.78, 5) is 22.7. The zero-order valence-corrected chi connectivity index (χ0v) is 14.3. The molecule has 1 atom stereocenters. The van der Waals surface area contributed by atoms with E-state index in [1.54, 1.807) is 19.2 Å². The first-order valence-electron chi connectivity index (χ1n) is 8.24. The first kappa shape index (κ1) is 16.8. The van der Waals surface area contributed by atoms with Gasteiger partial charge in [0.1, 0.15) is 5.75 Å². The molecule has 0 saturated heterocycles. The summed E-state index contributed by atoms with van der Waals surface area (Å²) in [6.07, 6.45) is 0.154. The summed E-state index contributed by atoms with van der Waals surface area (Å²) in [5, 5.41) is 18.1. The van der Waals surface area contributed by atoms with Crippen molar-refractivity contribution in [2.75, 3.05) is 7.11 Å². The van der Waals surface area contributed by atoms with Crippen LogP contribution in [0.15, 0.2) is 48.5 Å². The molecule has 0 amide bonds. The number of non-ortho nitro benzene ring substituents is 1. The standard InChI is InChI=1S/C19H15N3O5/c1-26-14-7-5-11(6-8-14)15-10-16(23)27-19-17(15)18(20-21-19)12-3-2-4-13(9-12)22(24)25/h2-9,15H,10H2,1H3,(H,20,21). The van der Waals surface area contributed by atoms with E-state index in [-0.39, 0.29) is 29.9 Å². The molecule has 0 fully saturated rings. The Morgan fingerprint density at radius 1 is 1.26 bits per heavy atom. The normalized spacial score (nSPS) is 15.7. The molecule has 27 heavy (non-hydrogen) atoms. The molecule has 136 valence electrons. The molecule has 0 bridgehead atoms. The van der Waals surface area contributed by atoms with Crippen LogP contribution >= 0.6 is 0 Å². The van der Waals surface area contributed by atoms with Crippen LogP contribution in [0.4, 0.5) is 5.69 Å². The lowest BCUT2D eigenvalue weighted by atomic mass is 9.85. The van der Waals surface area contributed by atoms with Gasteiger partial charge >= 0.3 is 5.97 Å². The number of aromatic nitrogens is 2. The number of rotatable bonds is 4. The number of methoxy groups -OCH3 is 1.